The van der Waals surface area contributed by atoms with Crippen LogP contribution in [0.2, 0.25) is 5.02 Å². The Morgan fingerprint density at radius 1 is 1.29 bits per heavy atom. The third-order valence-corrected chi connectivity index (χ3v) is 3.81. The van der Waals surface area contributed by atoms with Gasteiger partial charge in [-0.2, -0.15) is 0 Å². The van der Waals surface area contributed by atoms with Crippen molar-refractivity contribution in [2.75, 3.05) is 13.1 Å². The number of hydrogen-bond acceptors (Lipinski definition) is 5. The molecule has 0 radical (unpaired) electrons. The van der Waals surface area contributed by atoms with Crippen molar-refractivity contribution in [2.45, 2.75) is 32.8 Å². The molecule has 3 rings (SSSR count). The summed E-state index contributed by atoms with van der Waals surface area (Å²) in [6, 6.07) is 1.77. The highest BCUT2D eigenvalue weighted by atomic mass is 35.5. The number of hydrogen-bond donors (Lipinski definition) is 0. The maximum atomic E-state index is 12.1. The van der Waals surface area contributed by atoms with E-state index in [1.807, 2.05) is 26.8 Å². The molecule has 1 aliphatic heterocycles. The minimum absolute atomic E-state index is 0.296. The van der Waals surface area contributed by atoms with Gasteiger partial charge in [-0.3, -0.25) is 4.98 Å². The van der Waals surface area contributed by atoms with Gasteiger partial charge in [0.15, 0.2) is 0 Å². The first kappa shape index (κ1) is 16.6. The van der Waals surface area contributed by atoms with Crippen LogP contribution in [0.1, 0.15) is 32.9 Å². The highest BCUT2D eigenvalue weighted by Crippen LogP contribution is 2.27. The number of pyridine rings is 1. The first-order valence-electron chi connectivity index (χ1n) is 7.77. The molecule has 0 spiro atoms. The Balaban J connectivity index is 1.82. The summed E-state index contributed by atoms with van der Waals surface area (Å²) in [4.78, 5) is 26.7. The lowest BCUT2D eigenvalue weighted by atomic mass is 10.0. The Kier molecular flexibility index (Phi) is 4.41. The molecule has 24 heavy (non-hydrogen) atoms. The molecule has 0 saturated carbocycles. The third-order valence-electron chi connectivity index (χ3n) is 3.61. The molecule has 0 atom stereocenters. The Morgan fingerprint density at radius 2 is 2.08 bits per heavy atom. The summed E-state index contributed by atoms with van der Waals surface area (Å²) in [6.07, 6.45) is 5.49. The molecular weight excluding hydrogens is 328 g/mol. The van der Waals surface area contributed by atoms with E-state index in [0.29, 0.717) is 30.0 Å². The van der Waals surface area contributed by atoms with Crippen LogP contribution in [-0.2, 0) is 4.74 Å². The maximum absolute atomic E-state index is 12.1. The van der Waals surface area contributed by atoms with Gasteiger partial charge in [-0.05, 0) is 38.8 Å². The monoisotopic (exact) mass is 346 g/mol. The second kappa shape index (κ2) is 6.36. The van der Waals surface area contributed by atoms with Crippen LogP contribution in [0, 0.1) is 0 Å². The lowest BCUT2D eigenvalue weighted by molar-refractivity contribution is 0.0270. The number of amides is 1. The van der Waals surface area contributed by atoms with Gasteiger partial charge in [-0.25, -0.2) is 14.8 Å². The van der Waals surface area contributed by atoms with Gasteiger partial charge in [0, 0.05) is 19.3 Å². The third kappa shape index (κ3) is 3.64. The molecule has 0 aromatic carbocycles. The molecule has 2 aromatic rings. The van der Waals surface area contributed by atoms with Crippen LogP contribution in [0.3, 0.4) is 0 Å². The molecule has 0 aliphatic carbocycles. The normalized spacial score (nSPS) is 15.3. The molecule has 0 N–H and O–H groups in total. The molecule has 0 unspecified atom stereocenters. The fourth-order valence-corrected chi connectivity index (χ4v) is 2.68. The quantitative estimate of drug-likeness (QED) is 0.787. The highest BCUT2D eigenvalue weighted by molar-refractivity contribution is 6.31. The minimum Gasteiger partial charge on any atom is -0.444 e. The number of aromatic nitrogens is 3. The van der Waals surface area contributed by atoms with Crippen LogP contribution >= 0.6 is 11.6 Å². The zero-order valence-electron chi connectivity index (χ0n) is 13.9. The number of ether oxygens (including phenoxy) is 1. The van der Waals surface area contributed by atoms with E-state index in [1.54, 1.807) is 17.2 Å². The molecule has 0 fully saturated rings. The number of carbonyl (C=O) groups excluding carboxylic acids is 1. The molecule has 3 heterocycles. The van der Waals surface area contributed by atoms with Crippen molar-refractivity contribution in [3.63, 3.8) is 0 Å². The average molecular weight is 347 g/mol. The van der Waals surface area contributed by atoms with Crippen LogP contribution in [0.5, 0.6) is 0 Å². The molecule has 126 valence electrons. The Labute approximate surface area is 145 Å². The maximum Gasteiger partial charge on any atom is 0.410 e. The molecule has 6 nitrogen and oxygen atoms in total. The number of halogens is 1. The fourth-order valence-electron chi connectivity index (χ4n) is 2.53. The van der Waals surface area contributed by atoms with Gasteiger partial charge in [0.1, 0.15) is 17.4 Å². The van der Waals surface area contributed by atoms with Crippen LogP contribution in [-0.4, -0.2) is 44.6 Å². The second-order valence-electron chi connectivity index (χ2n) is 6.65. The van der Waals surface area contributed by atoms with Crippen LogP contribution in [0.4, 0.5) is 4.79 Å². The summed E-state index contributed by atoms with van der Waals surface area (Å²) in [5.74, 6) is 0. The van der Waals surface area contributed by atoms with Crippen molar-refractivity contribution in [2.24, 2.45) is 0 Å². The smallest absolute Gasteiger partial charge is 0.410 e. The van der Waals surface area contributed by atoms with Gasteiger partial charge in [-0.1, -0.05) is 17.7 Å². The highest BCUT2D eigenvalue weighted by Gasteiger charge is 2.24. The molecule has 1 aliphatic rings. The van der Waals surface area contributed by atoms with Gasteiger partial charge in [0.25, 0.3) is 0 Å². The van der Waals surface area contributed by atoms with Crippen molar-refractivity contribution in [1.29, 1.82) is 0 Å². The van der Waals surface area contributed by atoms with E-state index in [1.165, 1.54) is 6.33 Å². The minimum atomic E-state index is -0.493. The van der Waals surface area contributed by atoms with E-state index >= 15 is 0 Å². The first-order chi connectivity index (χ1) is 11.3. The molecular formula is C17H19ClN4O2. The predicted octanol–water partition coefficient (Wildman–Crippen LogP) is 3.70. The summed E-state index contributed by atoms with van der Waals surface area (Å²) in [5.41, 5.74) is 2.78. The number of carbonyl (C=O) groups is 1. The number of nitrogens with zero attached hydrogens (tertiary/aromatic N) is 4. The average Bonchev–Trinajstić information content (AvgIpc) is 2.52. The summed E-state index contributed by atoms with van der Waals surface area (Å²) >= 11 is 5.97. The Morgan fingerprint density at radius 3 is 2.75 bits per heavy atom. The summed E-state index contributed by atoms with van der Waals surface area (Å²) < 4.78 is 5.41. The Bertz CT molecular complexity index is 814. The van der Waals surface area contributed by atoms with Gasteiger partial charge in [0.2, 0.25) is 0 Å². The van der Waals surface area contributed by atoms with Crippen LogP contribution < -0.4 is 0 Å². The second-order valence-corrected chi connectivity index (χ2v) is 7.09. The van der Waals surface area contributed by atoms with Gasteiger partial charge in [0.05, 0.1) is 16.2 Å². The van der Waals surface area contributed by atoms with E-state index in [2.05, 4.69) is 15.0 Å². The summed E-state index contributed by atoms with van der Waals surface area (Å²) in [5, 5.41) is 0.542. The molecule has 1 amide bonds. The van der Waals surface area contributed by atoms with E-state index in [0.717, 1.165) is 16.8 Å². The van der Waals surface area contributed by atoms with E-state index in [9.17, 15) is 4.79 Å². The SMILES string of the molecule is CC(C)(C)OC(=O)N1CC=C(c2ncnc3cc(Cl)cnc23)CC1. The number of fused-ring (bicyclic) bond motifs is 1. The van der Waals surface area contributed by atoms with Crippen molar-refractivity contribution >= 4 is 34.3 Å². The molecule has 0 saturated heterocycles. The van der Waals surface area contributed by atoms with E-state index < -0.39 is 5.60 Å². The first-order valence-corrected chi connectivity index (χ1v) is 8.15. The zero-order valence-corrected chi connectivity index (χ0v) is 14.7. The summed E-state index contributed by atoms with van der Waals surface area (Å²) in [7, 11) is 0. The standard InChI is InChI=1S/C17H19ClN4O2/c1-17(2,3)24-16(23)22-6-4-11(5-7-22)14-15-13(20-10-21-14)8-12(18)9-19-15/h4,8-10H,5-7H2,1-3H3. The van der Waals surface area contributed by atoms with Crippen LogP contribution in [0.15, 0.2) is 24.7 Å². The van der Waals surface area contributed by atoms with Crippen molar-refractivity contribution < 1.29 is 9.53 Å². The fraction of sp³-hybridized carbons (Fsp3) is 0.412. The lowest BCUT2D eigenvalue weighted by Crippen LogP contribution is -2.39. The molecule has 7 heteroatoms. The number of rotatable bonds is 1. The van der Waals surface area contributed by atoms with Gasteiger partial charge >= 0.3 is 6.09 Å². The topological polar surface area (TPSA) is 68.2 Å². The van der Waals surface area contributed by atoms with Gasteiger partial charge in [-0.15, -0.1) is 0 Å². The molecule has 0 bridgehead atoms. The van der Waals surface area contributed by atoms with Gasteiger partial charge < -0.3 is 9.64 Å². The van der Waals surface area contributed by atoms with Crippen molar-refractivity contribution in [1.82, 2.24) is 19.9 Å². The molecule has 2 aromatic heterocycles. The van der Waals surface area contributed by atoms with Crippen LogP contribution in [0.25, 0.3) is 16.6 Å². The lowest BCUT2D eigenvalue weighted by Gasteiger charge is -2.29. The summed E-state index contributed by atoms with van der Waals surface area (Å²) in [6.45, 7) is 6.66. The van der Waals surface area contributed by atoms with Crippen molar-refractivity contribution in [3.8, 4) is 0 Å². The largest absolute Gasteiger partial charge is 0.444 e. The predicted molar refractivity (Wildman–Crippen MR) is 92.7 cm³/mol. The van der Waals surface area contributed by atoms with Crippen molar-refractivity contribution in [3.05, 3.63) is 35.4 Å². The zero-order chi connectivity index (χ0) is 17.3. The Hall–Kier alpha value is -2.21. The van der Waals surface area contributed by atoms with E-state index in [-0.39, 0.29) is 6.09 Å². The van der Waals surface area contributed by atoms with E-state index in [4.69, 9.17) is 16.3 Å².